The Labute approximate surface area is 81.2 Å². The third-order valence-corrected chi connectivity index (χ3v) is 3.18. The molecule has 1 aliphatic rings. The summed E-state index contributed by atoms with van der Waals surface area (Å²) in [5.74, 6) is 0. The number of likely N-dealkylation sites (tertiary alicyclic amines) is 1. The molecular formula is C10H22N2O. The predicted octanol–water partition coefficient (Wildman–Crippen LogP) is 0.833. The van der Waals surface area contributed by atoms with Gasteiger partial charge in [-0.05, 0) is 19.8 Å². The standard InChI is InChI=1S/C10H22N2O/c1-4-10(11)8(2)12-6-5-9(7-12)13-3/h8-10H,4-7,11H2,1-3H3. The SMILES string of the molecule is CCC(N)C(C)N1CCC(OC)C1. The third kappa shape index (κ3) is 2.66. The first-order chi connectivity index (χ1) is 6.19. The molecule has 0 saturated carbocycles. The molecule has 1 rings (SSSR count). The van der Waals surface area contributed by atoms with E-state index in [1.165, 1.54) is 0 Å². The summed E-state index contributed by atoms with van der Waals surface area (Å²) in [4.78, 5) is 2.43. The van der Waals surface area contributed by atoms with E-state index < -0.39 is 0 Å². The molecule has 0 radical (unpaired) electrons. The van der Waals surface area contributed by atoms with Crippen LogP contribution < -0.4 is 5.73 Å². The van der Waals surface area contributed by atoms with Gasteiger partial charge >= 0.3 is 0 Å². The molecule has 0 aromatic heterocycles. The van der Waals surface area contributed by atoms with Gasteiger partial charge in [-0.2, -0.15) is 0 Å². The molecular weight excluding hydrogens is 164 g/mol. The topological polar surface area (TPSA) is 38.5 Å². The summed E-state index contributed by atoms with van der Waals surface area (Å²) < 4.78 is 5.32. The van der Waals surface area contributed by atoms with Crippen molar-refractivity contribution in [1.82, 2.24) is 4.90 Å². The minimum absolute atomic E-state index is 0.301. The molecule has 1 saturated heterocycles. The van der Waals surface area contributed by atoms with Crippen molar-refractivity contribution in [3.63, 3.8) is 0 Å². The van der Waals surface area contributed by atoms with Gasteiger partial charge in [0.05, 0.1) is 6.10 Å². The number of rotatable bonds is 4. The van der Waals surface area contributed by atoms with E-state index in [1.807, 2.05) is 0 Å². The maximum atomic E-state index is 6.00. The summed E-state index contributed by atoms with van der Waals surface area (Å²) in [6.07, 6.45) is 2.62. The summed E-state index contributed by atoms with van der Waals surface area (Å²) in [7, 11) is 1.79. The van der Waals surface area contributed by atoms with Crippen molar-refractivity contribution in [2.24, 2.45) is 5.73 Å². The summed E-state index contributed by atoms with van der Waals surface area (Å²) in [6.45, 7) is 6.54. The molecule has 0 aromatic rings. The van der Waals surface area contributed by atoms with E-state index in [9.17, 15) is 0 Å². The number of ether oxygens (including phenoxy) is 1. The molecule has 13 heavy (non-hydrogen) atoms. The lowest BCUT2D eigenvalue weighted by molar-refractivity contribution is 0.0994. The van der Waals surface area contributed by atoms with Gasteiger partial charge in [0, 0.05) is 32.3 Å². The Morgan fingerprint density at radius 3 is 2.77 bits per heavy atom. The summed E-state index contributed by atoms with van der Waals surface area (Å²) in [5, 5.41) is 0. The quantitative estimate of drug-likeness (QED) is 0.707. The minimum Gasteiger partial charge on any atom is -0.380 e. The van der Waals surface area contributed by atoms with Crippen LogP contribution >= 0.6 is 0 Å². The summed E-state index contributed by atoms with van der Waals surface area (Å²) >= 11 is 0. The number of nitrogens with zero attached hydrogens (tertiary/aromatic N) is 1. The fourth-order valence-corrected chi connectivity index (χ4v) is 1.93. The first-order valence-electron chi connectivity index (χ1n) is 5.21. The Morgan fingerprint density at radius 2 is 2.31 bits per heavy atom. The molecule has 78 valence electrons. The number of nitrogens with two attached hydrogens (primary N) is 1. The molecule has 3 heteroatoms. The molecule has 0 bridgehead atoms. The first kappa shape index (κ1) is 11.0. The van der Waals surface area contributed by atoms with E-state index in [0.29, 0.717) is 18.2 Å². The molecule has 1 heterocycles. The Balaban J connectivity index is 2.36. The zero-order chi connectivity index (χ0) is 9.84. The van der Waals surface area contributed by atoms with Gasteiger partial charge < -0.3 is 10.5 Å². The molecule has 0 amide bonds. The largest absolute Gasteiger partial charge is 0.380 e. The van der Waals surface area contributed by atoms with Crippen molar-refractivity contribution in [2.75, 3.05) is 20.2 Å². The highest BCUT2D eigenvalue weighted by Crippen LogP contribution is 2.16. The minimum atomic E-state index is 0.301. The Kier molecular flexibility index (Phi) is 4.16. The maximum Gasteiger partial charge on any atom is 0.0710 e. The van der Waals surface area contributed by atoms with E-state index in [4.69, 9.17) is 10.5 Å². The van der Waals surface area contributed by atoms with Crippen LogP contribution in [0.1, 0.15) is 26.7 Å². The van der Waals surface area contributed by atoms with E-state index in [2.05, 4.69) is 18.7 Å². The fourth-order valence-electron chi connectivity index (χ4n) is 1.93. The van der Waals surface area contributed by atoms with Crippen molar-refractivity contribution in [1.29, 1.82) is 0 Å². The van der Waals surface area contributed by atoms with E-state index in [0.717, 1.165) is 25.9 Å². The van der Waals surface area contributed by atoms with Gasteiger partial charge in [-0.1, -0.05) is 6.92 Å². The fraction of sp³-hybridized carbons (Fsp3) is 1.00. The Hall–Kier alpha value is -0.120. The molecule has 0 spiro atoms. The summed E-state index contributed by atoms with van der Waals surface area (Å²) in [6, 6.07) is 0.792. The van der Waals surface area contributed by atoms with Gasteiger partial charge in [0.25, 0.3) is 0 Å². The second-order valence-corrected chi connectivity index (χ2v) is 3.95. The van der Waals surface area contributed by atoms with Crippen molar-refractivity contribution < 1.29 is 4.74 Å². The Morgan fingerprint density at radius 1 is 1.62 bits per heavy atom. The van der Waals surface area contributed by atoms with Gasteiger partial charge in [-0.3, -0.25) is 4.90 Å². The molecule has 0 aliphatic carbocycles. The average molecular weight is 186 g/mol. The lowest BCUT2D eigenvalue weighted by Crippen LogP contribution is -2.44. The van der Waals surface area contributed by atoms with Crippen molar-refractivity contribution in [2.45, 2.75) is 44.9 Å². The van der Waals surface area contributed by atoms with Gasteiger partial charge in [-0.15, -0.1) is 0 Å². The molecule has 0 aromatic carbocycles. The van der Waals surface area contributed by atoms with Gasteiger partial charge in [-0.25, -0.2) is 0 Å². The van der Waals surface area contributed by atoms with Crippen LogP contribution in [0.2, 0.25) is 0 Å². The van der Waals surface area contributed by atoms with Crippen LogP contribution in [0.3, 0.4) is 0 Å². The highest BCUT2D eigenvalue weighted by Gasteiger charge is 2.27. The average Bonchev–Trinajstić information content (AvgIpc) is 2.63. The Bertz CT molecular complexity index is 152. The van der Waals surface area contributed by atoms with Crippen LogP contribution in [0.15, 0.2) is 0 Å². The number of hydrogen-bond acceptors (Lipinski definition) is 3. The van der Waals surface area contributed by atoms with Crippen molar-refractivity contribution in [3.8, 4) is 0 Å². The van der Waals surface area contributed by atoms with Crippen molar-refractivity contribution in [3.05, 3.63) is 0 Å². The van der Waals surface area contributed by atoms with Crippen LogP contribution in [0.4, 0.5) is 0 Å². The molecule has 1 fully saturated rings. The van der Waals surface area contributed by atoms with E-state index in [-0.39, 0.29) is 0 Å². The second kappa shape index (κ2) is 4.94. The lowest BCUT2D eigenvalue weighted by atomic mass is 10.1. The molecule has 3 nitrogen and oxygen atoms in total. The highest BCUT2D eigenvalue weighted by molar-refractivity contribution is 4.84. The molecule has 1 aliphatic heterocycles. The third-order valence-electron chi connectivity index (χ3n) is 3.18. The molecule has 2 N–H and O–H groups in total. The lowest BCUT2D eigenvalue weighted by Gasteiger charge is -2.28. The smallest absolute Gasteiger partial charge is 0.0710 e. The number of methoxy groups -OCH3 is 1. The zero-order valence-corrected chi connectivity index (χ0v) is 8.99. The van der Waals surface area contributed by atoms with E-state index in [1.54, 1.807) is 7.11 Å². The van der Waals surface area contributed by atoms with Crippen molar-refractivity contribution >= 4 is 0 Å². The van der Waals surface area contributed by atoms with Gasteiger partial charge in [0.15, 0.2) is 0 Å². The van der Waals surface area contributed by atoms with Crippen LogP contribution in [-0.4, -0.2) is 43.3 Å². The predicted molar refractivity (Wildman–Crippen MR) is 54.7 cm³/mol. The molecule has 3 atom stereocenters. The zero-order valence-electron chi connectivity index (χ0n) is 8.99. The van der Waals surface area contributed by atoms with Gasteiger partial charge in [0.1, 0.15) is 0 Å². The number of hydrogen-bond donors (Lipinski definition) is 1. The van der Waals surface area contributed by atoms with E-state index >= 15 is 0 Å². The first-order valence-corrected chi connectivity index (χ1v) is 5.21. The van der Waals surface area contributed by atoms with Crippen LogP contribution in [-0.2, 0) is 4.74 Å². The second-order valence-electron chi connectivity index (χ2n) is 3.95. The highest BCUT2D eigenvalue weighted by atomic mass is 16.5. The van der Waals surface area contributed by atoms with Gasteiger partial charge in [0.2, 0.25) is 0 Å². The monoisotopic (exact) mass is 186 g/mol. The van der Waals surface area contributed by atoms with Crippen LogP contribution in [0.5, 0.6) is 0 Å². The van der Waals surface area contributed by atoms with Crippen LogP contribution in [0.25, 0.3) is 0 Å². The normalized spacial score (nSPS) is 29.1. The molecule has 3 unspecified atom stereocenters. The summed E-state index contributed by atoms with van der Waals surface area (Å²) in [5.41, 5.74) is 6.00. The maximum absolute atomic E-state index is 6.00. The van der Waals surface area contributed by atoms with Crippen LogP contribution in [0, 0.1) is 0 Å².